The number of carbonyl (C=O) groups excluding carboxylic acids is 4. The zero-order valence-electron chi connectivity index (χ0n) is 21.2. The minimum atomic E-state index is -0.857. The molecule has 0 aromatic heterocycles. The van der Waals surface area contributed by atoms with Gasteiger partial charge in [-0.25, -0.2) is 9.59 Å². The van der Waals surface area contributed by atoms with E-state index in [1.807, 2.05) is 26.0 Å². The van der Waals surface area contributed by atoms with Crippen molar-refractivity contribution in [1.82, 2.24) is 15.1 Å². The van der Waals surface area contributed by atoms with E-state index >= 15 is 0 Å². The molecular weight excluding hydrogens is 462 g/mol. The van der Waals surface area contributed by atoms with Gasteiger partial charge in [-0.3, -0.25) is 9.59 Å². The van der Waals surface area contributed by atoms with Crippen molar-refractivity contribution in [3.63, 3.8) is 0 Å². The molecule has 0 radical (unpaired) electrons. The van der Waals surface area contributed by atoms with Crippen molar-refractivity contribution in [1.29, 1.82) is 0 Å². The average Bonchev–Trinajstić information content (AvgIpc) is 3.27. The first-order chi connectivity index (χ1) is 17.2. The molecule has 4 aliphatic heterocycles. The van der Waals surface area contributed by atoms with Gasteiger partial charge in [0.25, 0.3) is 0 Å². The molecule has 0 spiro atoms. The summed E-state index contributed by atoms with van der Waals surface area (Å²) in [6.07, 6.45) is 4.77. The predicted octanol–water partition coefficient (Wildman–Crippen LogP) is 3.30. The number of rotatable bonds is 2. The number of benzene rings is 1. The quantitative estimate of drug-likeness (QED) is 0.672. The van der Waals surface area contributed by atoms with Crippen molar-refractivity contribution in [3.8, 4) is 0 Å². The van der Waals surface area contributed by atoms with Crippen molar-refractivity contribution >= 4 is 30.0 Å². The molecule has 1 fully saturated rings. The fraction of sp³-hybridized carbons (Fsp3) is 0.556. The Hall–Kier alpha value is -3.36. The number of hydrogen-bond donors (Lipinski definition) is 1. The number of carbonyl (C=O) groups is 4. The lowest BCUT2D eigenvalue weighted by molar-refractivity contribution is -0.139. The molecule has 1 aromatic carbocycles. The Kier molecular flexibility index (Phi) is 7.96. The largest absolute Gasteiger partial charge is 0.450 e. The Bertz CT molecular complexity index is 1050. The lowest BCUT2D eigenvalue weighted by Crippen LogP contribution is -2.53. The summed E-state index contributed by atoms with van der Waals surface area (Å²) in [5.41, 5.74) is 3.43. The van der Waals surface area contributed by atoms with Crippen LogP contribution in [0.1, 0.15) is 56.7 Å². The Morgan fingerprint density at radius 2 is 2.00 bits per heavy atom. The highest BCUT2D eigenvalue weighted by Gasteiger charge is 2.43. The van der Waals surface area contributed by atoms with E-state index in [9.17, 15) is 19.2 Å². The number of hydrogen-bond acceptors (Lipinski definition) is 6. The van der Waals surface area contributed by atoms with E-state index in [2.05, 4.69) is 23.5 Å². The Morgan fingerprint density at radius 1 is 1.19 bits per heavy atom. The van der Waals surface area contributed by atoms with E-state index in [-0.39, 0.29) is 37.2 Å². The molecule has 3 atom stereocenters. The summed E-state index contributed by atoms with van der Waals surface area (Å²) in [6.45, 7) is 6.40. The molecule has 6 bridgehead atoms. The van der Waals surface area contributed by atoms with Gasteiger partial charge in [0.1, 0.15) is 12.1 Å². The lowest BCUT2D eigenvalue weighted by atomic mass is 9.94. The monoisotopic (exact) mass is 497 g/mol. The summed E-state index contributed by atoms with van der Waals surface area (Å²) in [4.78, 5) is 54.4. The number of nitrogens with zero attached hydrogens (tertiary/aromatic N) is 2. The molecule has 0 aliphatic carbocycles. The molecule has 1 aromatic rings. The van der Waals surface area contributed by atoms with Crippen molar-refractivity contribution in [2.24, 2.45) is 5.92 Å². The highest BCUT2D eigenvalue weighted by molar-refractivity contribution is 5.92. The molecule has 4 aliphatic rings. The summed E-state index contributed by atoms with van der Waals surface area (Å²) < 4.78 is 11.1. The van der Waals surface area contributed by atoms with E-state index in [1.54, 1.807) is 4.90 Å². The van der Waals surface area contributed by atoms with E-state index in [4.69, 9.17) is 9.47 Å². The van der Waals surface area contributed by atoms with Crippen LogP contribution in [0.3, 0.4) is 0 Å². The van der Waals surface area contributed by atoms with Crippen LogP contribution in [-0.2, 0) is 32.0 Å². The van der Waals surface area contributed by atoms with Gasteiger partial charge in [-0.2, -0.15) is 0 Å². The first kappa shape index (κ1) is 25.7. The molecule has 194 valence electrons. The number of alkyl carbamates (subject to hydrolysis) is 1. The molecule has 36 heavy (non-hydrogen) atoms. The molecule has 3 amide bonds. The highest BCUT2D eigenvalue weighted by Crippen LogP contribution is 2.27. The molecule has 4 heterocycles. The maximum Gasteiger partial charge on any atom is 0.410 e. The van der Waals surface area contributed by atoms with Crippen molar-refractivity contribution in [3.05, 3.63) is 41.0 Å². The van der Waals surface area contributed by atoms with E-state index in [0.29, 0.717) is 19.5 Å². The molecule has 1 saturated heterocycles. The number of Topliss-reactive ketones (excluding diaryl/α,β-unsaturated/α-hetero) is 1. The van der Waals surface area contributed by atoms with Gasteiger partial charge >= 0.3 is 12.2 Å². The van der Waals surface area contributed by atoms with E-state index in [0.717, 1.165) is 24.0 Å². The molecule has 0 saturated carbocycles. The lowest BCUT2D eigenvalue weighted by Gasteiger charge is -2.30. The van der Waals surface area contributed by atoms with Gasteiger partial charge in [-0.1, -0.05) is 44.2 Å². The second-order valence-electron chi connectivity index (χ2n) is 10.1. The van der Waals surface area contributed by atoms with E-state index < -0.39 is 30.4 Å². The van der Waals surface area contributed by atoms with Crippen LogP contribution in [0, 0.1) is 5.92 Å². The third kappa shape index (κ3) is 5.71. The SMILES string of the molecule is CC(=O)[C@@H]1C[C@@H]2CN1C(=O)[C@H](C(C)C)NC(=O)OCCC/C=C/c1cccc3c1CCN(C3)C(=O)O2. The first-order valence-corrected chi connectivity index (χ1v) is 12.7. The second-order valence-corrected chi connectivity index (χ2v) is 10.1. The minimum Gasteiger partial charge on any atom is -0.450 e. The van der Waals surface area contributed by atoms with Crippen LogP contribution in [0.2, 0.25) is 0 Å². The van der Waals surface area contributed by atoms with Gasteiger partial charge in [0.15, 0.2) is 5.78 Å². The summed E-state index contributed by atoms with van der Waals surface area (Å²) in [6, 6.07) is 4.51. The maximum absolute atomic E-state index is 13.4. The van der Waals surface area contributed by atoms with Crippen molar-refractivity contribution < 1.29 is 28.7 Å². The third-order valence-corrected chi connectivity index (χ3v) is 7.09. The van der Waals surface area contributed by atoms with Gasteiger partial charge in [0.2, 0.25) is 5.91 Å². The second kappa shape index (κ2) is 11.1. The van der Waals surface area contributed by atoms with Crippen LogP contribution in [0.15, 0.2) is 24.3 Å². The van der Waals surface area contributed by atoms with Gasteiger partial charge in [0.05, 0.1) is 19.2 Å². The fourth-order valence-electron chi connectivity index (χ4n) is 5.12. The Labute approximate surface area is 211 Å². The number of fused-ring (bicyclic) bond motifs is 10. The number of ether oxygens (including phenoxy) is 2. The number of amides is 3. The molecular formula is C27H35N3O6. The highest BCUT2D eigenvalue weighted by atomic mass is 16.6. The van der Waals surface area contributed by atoms with Gasteiger partial charge in [-0.15, -0.1) is 0 Å². The predicted molar refractivity (Wildman–Crippen MR) is 133 cm³/mol. The van der Waals surface area contributed by atoms with Gasteiger partial charge in [0, 0.05) is 19.5 Å². The summed E-state index contributed by atoms with van der Waals surface area (Å²) in [7, 11) is 0. The third-order valence-electron chi connectivity index (χ3n) is 7.09. The summed E-state index contributed by atoms with van der Waals surface area (Å²) >= 11 is 0. The normalized spacial score (nSPS) is 26.3. The van der Waals surface area contributed by atoms with E-state index in [1.165, 1.54) is 17.4 Å². The molecule has 9 heteroatoms. The molecule has 1 N–H and O–H groups in total. The zero-order chi connectivity index (χ0) is 25.8. The van der Waals surface area contributed by atoms with Crippen molar-refractivity contribution in [2.75, 3.05) is 19.7 Å². The first-order valence-electron chi connectivity index (χ1n) is 12.7. The van der Waals surface area contributed by atoms with Gasteiger partial charge < -0.3 is 24.6 Å². The van der Waals surface area contributed by atoms with Crippen LogP contribution in [0.5, 0.6) is 0 Å². The standard InChI is InChI=1S/C27H35N3O6/c1-17(2)24-25(32)30-16-21(14-23(30)18(3)31)36-27(34)29-12-11-22-19(9-7-10-20(22)15-29)8-5-4-6-13-35-26(33)28-24/h5,7-10,17,21,23-24H,4,6,11-16H2,1-3H3,(H,28,33)/b8-5+/t21-,23+,24+/m1/s1. The molecule has 0 unspecified atom stereocenters. The molecule has 5 rings (SSSR count). The topological polar surface area (TPSA) is 105 Å². The van der Waals surface area contributed by atoms with Crippen LogP contribution in [0.4, 0.5) is 9.59 Å². The summed E-state index contributed by atoms with van der Waals surface area (Å²) in [5, 5.41) is 2.67. The number of nitrogens with one attached hydrogen (secondary N) is 1. The van der Waals surface area contributed by atoms with Crippen LogP contribution in [-0.4, -0.2) is 71.6 Å². The number of ketones is 1. The van der Waals surface area contributed by atoms with Crippen LogP contribution < -0.4 is 5.32 Å². The average molecular weight is 498 g/mol. The fourth-order valence-corrected chi connectivity index (χ4v) is 5.12. The maximum atomic E-state index is 13.4. The Balaban J connectivity index is 1.59. The summed E-state index contributed by atoms with van der Waals surface area (Å²) in [5.74, 6) is -0.786. The number of allylic oxidation sites excluding steroid dienone is 1. The van der Waals surface area contributed by atoms with Crippen molar-refractivity contribution in [2.45, 2.75) is 71.2 Å². The minimum absolute atomic E-state index is 0.105. The Morgan fingerprint density at radius 3 is 2.75 bits per heavy atom. The van der Waals surface area contributed by atoms with Crippen LogP contribution in [0.25, 0.3) is 6.08 Å². The smallest absolute Gasteiger partial charge is 0.410 e. The van der Waals surface area contributed by atoms with Gasteiger partial charge in [-0.05, 0) is 48.8 Å². The molecule has 9 nitrogen and oxygen atoms in total. The zero-order valence-corrected chi connectivity index (χ0v) is 21.2. The van der Waals surface area contributed by atoms with Crippen LogP contribution >= 0.6 is 0 Å².